The van der Waals surface area contributed by atoms with Gasteiger partial charge in [0.2, 0.25) is 0 Å². The molecular weight excluding hydrogens is 406 g/mol. The number of amidine groups is 1. The number of carbonyl (C=O) groups is 3. The van der Waals surface area contributed by atoms with Gasteiger partial charge in [-0.3, -0.25) is 14.5 Å². The van der Waals surface area contributed by atoms with Crippen LogP contribution in [0.3, 0.4) is 0 Å². The summed E-state index contributed by atoms with van der Waals surface area (Å²) in [7, 11) is 1.62. The number of aromatic carboxylic acids is 1. The molecule has 1 heterocycles. The van der Waals surface area contributed by atoms with Gasteiger partial charge in [0.05, 0.1) is 16.2 Å². The molecule has 1 saturated heterocycles. The van der Waals surface area contributed by atoms with E-state index in [-0.39, 0.29) is 18.1 Å². The zero-order chi connectivity index (χ0) is 21.8. The van der Waals surface area contributed by atoms with E-state index in [0.29, 0.717) is 27.1 Å². The number of carbonyl (C=O) groups excluding carboxylic acids is 2. The largest absolute Gasteiger partial charge is 0.484 e. The smallest absolute Gasteiger partial charge is 0.336 e. The second-order valence-corrected chi connectivity index (χ2v) is 7.46. The molecule has 2 aromatic rings. The van der Waals surface area contributed by atoms with Crippen LogP contribution < -0.4 is 10.5 Å². The van der Waals surface area contributed by atoms with Crippen molar-refractivity contribution >= 4 is 46.5 Å². The number of hydrogen-bond acceptors (Lipinski definition) is 6. The van der Waals surface area contributed by atoms with Crippen molar-refractivity contribution in [3.05, 3.63) is 64.1 Å². The third-order valence-corrected chi connectivity index (χ3v) is 5.37. The summed E-state index contributed by atoms with van der Waals surface area (Å²) in [6.45, 7) is 1.48. The van der Waals surface area contributed by atoms with E-state index in [9.17, 15) is 19.5 Å². The Morgan fingerprint density at radius 2 is 1.93 bits per heavy atom. The van der Waals surface area contributed by atoms with Gasteiger partial charge in [0.15, 0.2) is 11.8 Å². The fourth-order valence-electron chi connectivity index (χ4n) is 2.70. The fraction of sp³-hybridized carbons (Fsp3) is 0.143. The number of thioether (sulfide) groups is 1. The molecule has 8 nitrogen and oxygen atoms in total. The first kappa shape index (κ1) is 21.1. The van der Waals surface area contributed by atoms with Crippen LogP contribution in [0.2, 0.25) is 0 Å². The van der Waals surface area contributed by atoms with E-state index in [2.05, 4.69) is 4.99 Å². The molecule has 0 aliphatic carbocycles. The van der Waals surface area contributed by atoms with E-state index >= 15 is 0 Å². The molecule has 0 spiro atoms. The Labute approximate surface area is 177 Å². The van der Waals surface area contributed by atoms with E-state index < -0.39 is 11.9 Å². The molecular formula is C21H19N3O5S. The Kier molecular flexibility index (Phi) is 6.22. The number of likely N-dealkylation sites (N-methyl/N-ethyl adjacent to an activating group) is 1. The maximum absolute atomic E-state index is 12.6. The quantitative estimate of drug-likeness (QED) is 0.686. The number of carboxylic acids is 1. The van der Waals surface area contributed by atoms with Gasteiger partial charge in [-0.25, -0.2) is 9.79 Å². The average Bonchev–Trinajstić information content (AvgIpc) is 2.96. The summed E-state index contributed by atoms with van der Waals surface area (Å²) in [5, 5.41) is 9.73. The van der Waals surface area contributed by atoms with Crippen LogP contribution in [-0.4, -0.2) is 46.6 Å². The van der Waals surface area contributed by atoms with Gasteiger partial charge < -0.3 is 15.6 Å². The maximum Gasteiger partial charge on any atom is 0.336 e. The zero-order valence-corrected chi connectivity index (χ0v) is 17.1. The lowest BCUT2D eigenvalue weighted by molar-refractivity contribution is -0.121. The van der Waals surface area contributed by atoms with E-state index in [1.165, 1.54) is 22.7 Å². The van der Waals surface area contributed by atoms with Gasteiger partial charge in [0, 0.05) is 7.05 Å². The number of carboxylic acid groups (broad SMARTS) is 1. The molecule has 2 aromatic carbocycles. The highest BCUT2D eigenvalue weighted by atomic mass is 32.2. The normalized spacial score (nSPS) is 16.3. The van der Waals surface area contributed by atoms with E-state index in [1.54, 1.807) is 56.4 Å². The SMILES string of the molecule is Cc1c(N=C2S/C(=C\c3ccc(OCC(N)=O)cc3)C(=O)N2C)cccc1C(=O)O. The van der Waals surface area contributed by atoms with Crippen molar-refractivity contribution in [3.8, 4) is 5.75 Å². The van der Waals surface area contributed by atoms with Crippen LogP contribution in [0.15, 0.2) is 52.4 Å². The summed E-state index contributed by atoms with van der Waals surface area (Å²) < 4.78 is 5.22. The first-order valence-electron chi connectivity index (χ1n) is 8.86. The van der Waals surface area contributed by atoms with E-state index in [1.807, 2.05) is 0 Å². The molecule has 0 aromatic heterocycles. The lowest BCUT2D eigenvalue weighted by atomic mass is 10.1. The second-order valence-electron chi connectivity index (χ2n) is 6.45. The van der Waals surface area contributed by atoms with Crippen molar-refractivity contribution in [1.82, 2.24) is 4.90 Å². The molecule has 0 atom stereocenters. The standard InChI is InChI=1S/C21H19N3O5S/c1-12-15(20(27)28)4-3-5-16(12)23-21-24(2)19(26)17(30-21)10-13-6-8-14(9-7-13)29-11-18(22)25/h3-10H,11H2,1-2H3,(H2,22,25)(H,27,28)/b17-10-,23-21?. The van der Waals surface area contributed by atoms with Crippen LogP contribution in [0.4, 0.5) is 5.69 Å². The topological polar surface area (TPSA) is 122 Å². The number of primary amides is 1. The van der Waals surface area contributed by atoms with Crippen LogP contribution >= 0.6 is 11.8 Å². The summed E-state index contributed by atoms with van der Waals surface area (Å²) in [5.41, 5.74) is 7.02. The van der Waals surface area contributed by atoms with Gasteiger partial charge in [0.25, 0.3) is 11.8 Å². The predicted molar refractivity (Wildman–Crippen MR) is 115 cm³/mol. The van der Waals surface area contributed by atoms with Gasteiger partial charge in [-0.15, -0.1) is 0 Å². The summed E-state index contributed by atoms with van der Waals surface area (Å²) in [5.74, 6) is -1.30. The average molecular weight is 425 g/mol. The highest BCUT2D eigenvalue weighted by Crippen LogP contribution is 2.34. The van der Waals surface area contributed by atoms with Crippen molar-refractivity contribution < 1.29 is 24.2 Å². The Morgan fingerprint density at radius 3 is 2.57 bits per heavy atom. The number of ether oxygens (including phenoxy) is 1. The fourth-order valence-corrected chi connectivity index (χ4v) is 3.68. The van der Waals surface area contributed by atoms with Crippen molar-refractivity contribution in [2.45, 2.75) is 6.92 Å². The Balaban J connectivity index is 1.82. The molecule has 2 amide bonds. The molecule has 1 aliphatic rings. The Morgan fingerprint density at radius 1 is 1.23 bits per heavy atom. The molecule has 9 heteroatoms. The summed E-state index contributed by atoms with van der Waals surface area (Å²) in [4.78, 5) is 41.1. The van der Waals surface area contributed by atoms with Crippen LogP contribution in [0.25, 0.3) is 6.08 Å². The van der Waals surface area contributed by atoms with Crippen LogP contribution in [0, 0.1) is 6.92 Å². The zero-order valence-electron chi connectivity index (χ0n) is 16.3. The molecule has 3 N–H and O–H groups in total. The number of hydrogen-bond donors (Lipinski definition) is 2. The molecule has 3 rings (SSSR count). The molecule has 0 saturated carbocycles. The highest BCUT2D eigenvalue weighted by Gasteiger charge is 2.30. The number of nitrogens with two attached hydrogens (primary N) is 1. The third kappa shape index (κ3) is 4.69. The molecule has 1 aliphatic heterocycles. The molecule has 0 unspecified atom stereocenters. The lowest BCUT2D eigenvalue weighted by Crippen LogP contribution is -2.23. The van der Waals surface area contributed by atoms with Crippen molar-refractivity contribution in [3.63, 3.8) is 0 Å². The van der Waals surface area contributed by atoms with Gasteiger partial charge >= 0.3 is 5.97 Å². The lowest BCUT2D eigenvalue weighted by Gasteiger charge is -2.09. The Bertz CT molecular complexity index is 1080. The van der Waals surface area contributed by atoms with E-state index in [4.69, 9.17) is 10.5 Å². The summed E-state index contributed by atoms with van der Waals surface area (Å²) in [6.07, 6.45) is 1.73. The molecule has 30 heavy (non-hydrogen) atoms. The van der Waals surface area contributed by atoms with Gasteiger partial charge in [-0.2, -0.15) is 0 Å². The monoisotopic (exact) mass is 425 g/mol. The second kappa shape index (κ2) is 8.83. The minimum atomic E-state index is -1.03. The molecule has 0 bridgehead atoms. The van der Waals surface area contributed by atoms with Crippen molar-refractivity contribution in [1.29, 1.82) is 0 Å². The molecule has 154 valence electrons. The van der Waals surface area contributed by atoms with Gasteiger partial charge in [-0.05, 0) is 60.2 Å². The molecule has 1 fully saturated rings. The summed E-state index contributed by atoms with van der Waals surface area (Å²) in [6, 6.07) is 11.7. The Hall–Kier alpha value is -3.59. The van der Waals surface area contributed by atoms with Crippen LogP contribution in [0.5, 0.6) is 5.75 Å². The molecule has 0 radical (unpaired) electrons. The number of rotatable bonds is 6. The minimum Gasteiger partial charge on any atom is -0.484 e. The number of benzene rings is 2. The first-order chi connectivity index (χ1) is 14.3. The van der Waals surface area contributed by atoms with Crippen LogP contribution in [-0.2, 0) is 9.59 Å². The number of amides is 2. The third-order valence-electron chi connectivity index (χ3n) is 4.31. The first-order valence-corrected chi connectivity index (χ1v) is 9.68. The van der Waals surface area contributed by atoms with Gasteiger partial charge in [0.1, 0.15) is 5.75 Å². The van der Waals surface area contributed by atoms with E-state index in [0.717, 1.165) is 5.56 Å². The predicted octanol–water partition coefficient (Wildman–Crippen LogP) is 2.79. The highest BCUT2D eigenvalue weighted by molar-refractivity contribution is 8.18. The summed E-state index contributed by atoms with van der Waals surface area (Å²) >= 11 is 1.21. The number of aliphatic imine (C=N–C) groups is 1. The minimum absolute atomic E-state index is 0.170. The number of nitrogens with zero attached hydrogens (tertiary/aromatic N) is 2. The van der Waals surface area contributed by atoms with Gasteiger partial charge in [-0.1, -0.05) is 18.2 Å². The van der Waals surface area contributed by atoms with Crippen molar-refractivity contribution in [2.75, 3.05) is 13.7 Å². The van der Waals surface area contributed by atoms with Crippen LogP contribution in [0.1, 0.15) is 21.5 Å². The van der Waals surface area contributed by atoms with Crippen molar-refractivity contribution in [2.24, 2.45) is 10.7 Å². The maximum atomic E-state index is 12.6.